The number of aliphatic hydroxyl groups is 2. The van der Waals surface area contributed by atoms with Crippen molar-refractivity contribution in [3.63, 3.8) is 0 Å². The fraction of sp³-hybridized carbons (Fsp3) is 0.417. The van der Waals surface area contributed by atoms with Gasteiger partial charge in [-0.05, 0) is 23.7 Å². The van der Waals surface area contributed by atoms with Gasteiger partial charge in [-0.25, -0.2) is 9.37 Å². The molecule has 1 aromatic carbocycles. The lowest BCUT2D eigenvalue weighted by atomic mass is 10.1. The van der Waals surface area contributed by atoms with Crippen molar-refractivity contribution in [1.82, 2.24) is 9.55 Å². The van der Waals surface area contributed by atoms with Gasteiger partial charge in [0.1, 0.15) is 25.0 Å². The van der Waals surface area contributed by atoms with Gasteiger partial charge in [-0.3, -0.25) is 4.57 Å². The lowest BCUT2D eigenvalue weighted by molar-refractivity contribution is -0.0404. The molecule has 3 rings (SSSR count). The van der Waals surface area contributed by atoms with Crippen molar-refractivity contribution in [1.29, 1.82) is 0 Å². The topological polar surface area (TPSA) is 67.5 Å². The molecule has 2 heterocycles. The van der Waals surface area contributed by atoms with Crippen molar-refractivity contribution in [2.45, 2.75) is 24.5 Å². The van der Waals surface area contributed by atoms with E-state index in [0.29, 0.717) is 16.1 Å². The molecule has 1 fully saturated rings. The van der Waals surface area contributed by atoms with Gasteiger partial charge in [-0.2, -0.15) is 0 Å². The van der Waals surface area contributed by atoms with Crippen molar-refractivity contribution in [3.05, 3.63) is 27.5 Å². The number of imidazole rings is 1. The SMILES string of the molecule is O[C@@H]1[C@H](O)[C@@H](CF)O[C@H]1n1c(Cl)nc2cc(Cl)c(Cl)cc21. The number of ether oxygens (including phenoxy) is 1. The Balaban J connectivity index is 2.12. The van der Waals surface area contributed by atoms with Crippen LogP contribution in [0.25, 0.3) is 11.0 Å². The first-order valence-corrected chi connectivity index (χ1v) is 7.17. The molecule has 0 radical (unpaired) electrons. The first-order chi connectivity index (χ1) is 9.93. The Labute approximate surface area is 133 Å². The molecule has 0 unspecified atom stereocenters. The molecule has 2 N–H and O–H groups in total. The Morgan fingerprint density at radius 1 is 1.19 bits per heavy atom. The fourth-order valence-corrected chi connectivity index (χ4v) is 2.97. The fourth-order valence-electron chi connectivity index (χ4n) is 2.37. The zero-order chi connectivity index (χ0) is 15.3. The number of aromatic nitrogens is 2. The smallest absolute Gasteiger partial charge is 0.206 e. The molecule has 9 heteroatoms. The van der Waals surface area contributed by atoms with Gasteiger partial charge in [0, 0.05) is 0 Å². The normalized spacial score (nSPS) is 29.4. The third-order valence-electron chi connectivity index (χ3n) is 3.43. The minimum atomic E-state index is -1.35. The lowest BCUT2D eigenvalue weighted by Gasteiger charge is -2.18. The van der Waals surface area contributed by atoms with Gasteiger partial charge in [0.25, 0.3) is 0 Å². The molecule has 5 nitrogen and oxygen atoms in total. The maximum atomic E-state index is 12.8. The number of benzene rings is 1. The van der Waals surface area contributed by atoms with Crippen molar-refractivity contribution < 1.29 is 19.3 Å². The highest BCUT2D eigenvalue weighted by molar-refractivity contribution is 6.42. The predicted octanol–water partition coefficient (Wildman–Crippen LogP) is 2.59. The van der Waals surface area contributed by atoms with E-state index in [4.69, 9.17) is 39.5 Å². The van der Waals surface area contributed by atoms with E-state index in [0.717, 1.165) is 0 Å². The first-order valence-electron chi connectivity index (χ1n) is 6.04. The lowest BCUT2D eigenvalue weighted by Crippen LogP contribution is -2.32. The van der Waals surface area contributed by atoms with Crippen molar-refractivity contribution in [3.8, 4) is 0 Å². The number of alkyl halides is 1. The molecule has 1 aliphatic rings. The standard InChI is InChI=1S/C12H10Cl3FN2O3/c13-4-1-6-7(2-5(4)14)18(12(15)17-6)11-10(20)9(19)8(3-16)21-11/h1-2,8-11,19-20H,3H2/t8-,9-,10-,11-/m1/s1. The molecular weight excluding hydrogens is 346 g/mol. The number of fused-ring (bicyclic) bond motifs is 1. The number of aliphatic hydroxyl groups excluding tert-OH is 2. The summed E-state index contributed by atoms with van der Waals surface area (Å²) in [6.45, 7) is -0.925. The second-order valence-electron chi connectivity index (χ2n) is 4.71. The molecule has 1 aromatic heterocycles. The summed E-state index contributed by atoms with van der Waals surface area (Å²) in [5.41, 5.74) is 0.911. The van der Waals surface area contributed by atoms with E-state index >= 15 is 0 Å². The zero-order valence-corrected chi connectivity index (χ0v) is 12.6. The third kappa shape index (κ3) is 2.40. The minimum absolute atomic E-state index is 0.0130. The number of rotatable bonds is 2. The third-order valence-corrected chi connectivity index (χ3v) is 4.42. The molecule has 0 amide bonds. The largest absolute Gasteiger partial charge is 0.387 e. The number of nitrogens with zero attached hydrogens (tertiary/aromatic N) is 2. The monoisotopic (exact) mass is 354 g/mol. The summed E-state index contributed by atoms with van der Waals surface area (Å²) >= 11 is 17.9. The van der Waals surface area contributed by atoms with Gasteiger partial charge in [-0.15, -0.1) is 0 Å². The molecule has 0 aliphatic carbocycles. The van der Waals surface area contributed by atoms with Gasteiger partial charge in [0.15, 0.2) is 6.23 Å². The van der Waals surface area contributed by atoms with Crippen LogP contribution in [0.2, 0.25) is 15.3 Å². The van der Waals surface area contributed by atoms with Crippen LogP contribution in [-0.4, -0.2) is 44.8 Å². The van der Waals surface area contributed by atoms with E-state index in [-0.39, 0.29) is 10.3 Å². The Morgan fingerprint density at radius 2 is 1.86 bits per heavy atom. The Bertz CT molecular complexity index is 696. The quantitative estimate of drug-likeness (QED) is 0.869. The van der Waals surface area contributed by atoms with Gasteiger partial charge in [-0.1, -0.05) is 23.2 Å². The van der Waals surface area contributed by atoms with Crippen LogP contribution in [0.15, 0.2) is 12.1 Å². The van der Waals surface area contributed by atoms with Crippen LogP contribution in [0.1, 0.15) is 6.23 Å². The highest BCUT2D eigenvalue weighted by atomic mass is 35.5. The zero-order valence-electron chi connectivity index (χ0n) is 10.4. The molecule has 2 aromatic rings. The van der Waals surface area contributed by atoms with E-state index in [9.17, 15) is 14.6 Å². The summed E-state index contributed by atoms with van der Waals surface area (Å²) in [5, 5.41) is 20.4. The molecule has 0 bridgehead atoms. The summed E-state index contributed by atoms with van der Waals surface area (Å²) < 4.78 is 19.5. The molecule has 1 saturated heterocycles. The van der Waals surface area contributed by atoms with Gasteiger partial charge in [0.2, 0.25) is 5.28 Å². The summed E-state index contributed by atoms with van der Waals surface area (Å²) in [5.74, 6) is 0. The van der Waals surface area contributed by atoms with Gasteiger partial charge in [0.05, 0.1) is 21.1 Å². The summed E-state index contributed by atoms with van der Waals surface area (Å²) in [6.07, 6.45) is -4.87. The molecule has 114 valence electrons. The molecule has 0 spiro atoms. The Hall–Kier alpha value is -0.630. The highest BCUT2D eigenvalue weighted by Crippen LogP contribution is 2.37. The second kappa shape index (κ2) is 5.53. The number of hydrogen-bond acceptors (Lipinski definition) is 4. The van der Waals surface area contributed by atoms with Crippen LogP contribution in [0.5, 0.6) is 0 Å². The maximum absolute atomic E-state index is 12.8. The van der Waals surface area contributed by atoms with Gasteiger partial charge < -0.3 is 14.9 Å². The van der Waals surface area contributed by atoms with E-state index in [1.165, 1.54) is 16.7 Å². The Kier molecular flexibility index (Phi) is 4.02. The van der Waals surface area contributed by atoms with Crippen molar-refractivity contribution in [2.75, 3.05) is 6.67 Å². The molecule has 1 aliphatic heterocycles. The van der Waals surface area contributed by atoms with Crippen LogP contribution in [0.4, 0.5) is 4.39 Å². The maximum Gasteiger partial charge on any atom is 0.206 e. The summed E-state index contributed by atoms with van der Waals surface area (Å²) in [6, 6.07) is 3.04. The van der Waals surface area contributed by atoms with Crippen LogP contribution in [-0.2, 0) is 4.74 Å². The van der Waals surface area contributed by atoms with E-state index in [2.05, 4.69) is 4.98 Å². The molecule has 21 heavy (non-hydrogen) atoms. The van der Waals surface area contributed by atoms with Crippen molar-refractivity contribution >= 4 is 45.8 Å². The predicted molar refractivity (Wildman–Crippen MR) is 76.7 cm³/mol. The van der Waals surface area contributed by atoms with E-state index in [1.54, 1.807) is 0 Å². The minimum Gasteiger partial charge on any atom is -0.387 e. The molecule has 0 saturated carbocycles. The van der Waals surface area contributed by atoms with E-state index < -0.39 is 31.2 Å². The first kappa shape index (κ1) is 15.3. The molecule has 4 atom stereocenters. The molecular formula is C12H10Cl3FN2O3. The second-order valence-corrected chi connectivity index (χ2v) is 5.86. The summed E-state index contributed by atoms with van der Waals surface area (Å²) in [4.78, 5) is 4.09. The number of hydrogen-bond donors (Lipinski definition) is 2. The highest BCUT2D eigenvalue weighted by Gasteiger charge is 2.44. The van der Waals surface area contributed by atoms with Crippen LogP contribution in [0, 0.1) is 0 Å². The van der Waals surface area contributed by atoms with Crippen LogP contribution in [0.3, 0.4) is 0 Å². The van der Waals surface area contributed by atoms with E-state index in [1.807, 2.05) is 0 Å². The average molecular weight is 356 g/mol. The van der Waals surface area contributed by atoms with Crippen LogP contribution >= 0.6 is 34.8 Å². The van der Waals surface area contributed by atoms with Crippen molar-refractivity contribution in [2.24, 2.45) is 0 Å². The average Bonchev–Trinajstić information content (AvgIpc) is 2.89. The van der Waals surface area contributed by atoms with Gasteiger partial charge >= 0.3 is 0 Å². The number of halogens is 4. The van der Waals surface area contributed by atoms with Crippen LogP contribution < -0.4 is 0 Å². The summed E-state index contributed by atoms with van der Waals surface area (Å²) in [7, 11) is 0. The Morgan fingerprint density at radius 3 is 2.48 bits per heavy atom.